The highest BCUT2D eigenvalue weighted by Gasteiger charge is 2.27. The van der Waals surface area contributed by atoms with Crippen LogP contribution in [0, 0.1) is 0 Å². The van der Waals surface area contributed by atoms with Crippen molar-refractivity contribution in [3.63, 3.8) is 0 Å². The summed E-state index contributed by atoms with van der Waals surface area (Å²) in [5.74, 6) is 2.51. The van der Waals surface area contributed by atoms with Gasteiger partial charge in [0, 0.05) is 26.6 Å². The van der Waals surface area contributed by atoms with E-state index in [4.69, 9.17) is 4.74 Å². The van der Waals surface area contributed by atoms with Crippen molar-refractivity contribution in [1.82, 2.24) is 4.90 Å². The highest BCUT2D eigenvalue weighted by Crippen LogP contribution is 2.30. The number of aliphatic imine (C=N–C) groups is 1. The first-order chi connectivity index (χ1) is 7.76. The molecule has 0 aromatic heterocycles. The average Bonchev–Trinajstić information content (AvgIpc) is 2.70. The normalized spacial score (nSPS) is 22.8. The summed E-state index contributed by atoms with van der Waals surface area (Å²) in [4.78, 5) is 6.61. The fourth-order valence-electron chi connectivity index (χ4n) is 2.33. The van der Waals surface area contributed by atoms with Gasteiger partial charge in [-0.2, -0.15) is 0 Å². The molecule has 2 rings (SSSR count). The SMILES string of the molecule is CN=C1C(c2cccc(OC)c2)CCN1C. The molecule has 1 atom stereocenters. The van der Waals surface area contributed by atoms with Gasteiger partial charge in [-0.15, -0.1) is 0 Å². The zero-order chi connectivity index (χ0) is 11.5. The van der Waals surface area contributed by atoms with Crippen LogP contribution in [0.4, 0.5) is 0 Å². The molecule has 1 aliphatic heterocycles. The van der Waals surface area contributed by atoms with E-state index in [1.165, 1.54) is 11.4 Å². The summed E-state index contributed by atoms with van der Waals surface area (Å²) in [7, 11) is 5.67. The van der Waals surface area contributed by atoms with Gasteiger partial charge < -0.3 is 9.64 Å². The lowest BCUT2D eigenvalue weighted by atomic mass is 9.97. The third-order valence-electron chi connectivity index (χ3n) is 3.18. The number of hydrogen-bond acceptors (Lipinski definition) is 2. The van der Waals surface area contributed by atoms with Crippen molar-refractivity contribution in [1.29, 1.82) is 0 Å². The van der Waals surface area contributed by atoms with E-state index < -0.39 is 0 Å². The lowest BCUT2D eigenvalue weighted by Gasteiger charge is -2.16. The Balaban J connectivity index is 2.30. The number of methoxy groups -OCH3 is 1. The van der Waals surface area contributed by atoms with Gasteiger partial charge in [-0.25, -0.2) is 0 Å². The molecular weight excluding hydrogens is 200 g/mol. The minimum absolute atomic E-state index is 0.421. The van der Waals surface area contributed by atoms with E-state index in [0.29, 0.717) is 5.92 Å². The van der Waals surface area contributed by atoms with Gasteiger partial charge in [0.1, 0.15) is 11.6 Å². The highest BCUT2D eigenvalue weighted by atomic mass is 16.5. The van der Waals surface area contributed by atoms with Gasteiger partial charge in [-0.3, -0.25) is 4.99 Å². The first-order valence-electron chi connectivity index (χ1n) is 5.58. The first-order valence-corrected chi connectivity index (χ1v) is 5.58. The van der Waals surface area contributed by atoms with Gasteiger partial charge in [-0.05, 0) is 24.1 Å². The largest absolute Gasteiger partial charge is 0.497 e. The molecule has 0 aliphatic carbocycles. The zero-order valence-corrected chi connectivity index (χ0v) is 10.1. The minimum Gasteiger partial charge on any atom is -0.497 e. The van der Waals surface area contributed by atoms with Crippen molar-refractivity contribution in [3.8, 4) is 5.75 Å². The Morgan fingerprint density at radius 1 is 1.44 bits per heavy atom. The first kappa shape index (κ1) is 11.0. The van der Waals surface area contributed by atoms with Crippen LogP contribution >= 0.6 is 0 Å². The van der Waals surface area contributed by atoms with Crippen molar-refractivity contribution >= 4 is 5.84 Å². The van der Waals surface area contributed by atoms with Gasteiger partial charge in [-0.1, -0.05) is 12.1 Å². The predicted octanol–water partition coefficient (Wildman–Crippen LogP) is 2.14. The Labute approximate surface area is 96.7 Å². The lowest BCUT2D eigenvalue weighted by Crippen LogP contribution is -2.22. The van der Waals surface area contributed by atoms with Crippen LogP contribution < -0.4 is 4.74 Å². The van der Waals surface area contributed by atoms with Gasteiger partial charge in [0.05, 0.1) is 7.11 Å². The van der Waals surface area contributed by atoms with Gasteiger partial charge in [0.15, 0.2) is 0 Å². The van der Waals surface area contributed by atoms with Crippen molar-refractivity contribution in [2.45, 2.75) is 12.3 Å². The summed E-state index contributed by atoms with van der Waals surface area (Å²) in [5, 5.41) is 0. The molecule has 1 heterocycles. The Morgan fingerprint density at radius 2 is 2.25 bits per heavy atom. The monoisotopic (exact) mass is 218 g/mol. The quantitative estimate of drug-likeness (QED) is 0.759. The number of hydrogen-bond donors (Lipinski definition) is 0. The second-order valence-corrected chi connectivity index (χ2v) is 4.12. The Bertz CT molecular complexity index is 401. The molecule has 0 saturated carbocycles. The van der Waals surface area contributed by atoms with E-state index in [0.717, 1.165) is 18.7 Å². The van der Waals surface area contributed by atoms with Crippen LogP contribution in [0.15, 0.2) is 29.3 Å². The van der Waals surface area contributed by atoms with Crippen LogP contribution in [-0.4, -0.2) is 38.5 Å². The average molecular weight is 218 g/mol. The Hall–Kier alpha value is -1.51. The van der Waals surface area contributed by atoms with E-state index >= 15 is 0 Å². The van der Waals surface area contributed by atoms with Crippen LogP contribution in [-0.2, 0) is 0 Å². The highest BCUT2D eigenvalue weighted by molar-refractivity contribution is 5.90. The minimum atomic E-state index is 0.421. The fraction of sp³-hybridized carbons (Fsp3) is 0.462. The number of ether oxygens (including phenoxy) is 1. The van der Waals surface area contributed by atoms with E-state index in [2.05, 4.69) is 29.1 Å². The smallest absolute Gasteiger partial charge is 0.119 e. The maximum atomic E-state index is 5.26. The van der Waals surface area contributed by atoms with E-state index in [-0.39, 0.29) is 0 Å². The molecule has 0 bridgehead atoms. The topological polar surface area (TPSA) is 24.8 Å². The van der Waals surface area contributed by atoms with E-state index in [1.54, 1.807) is 7.11 Å². The molecule has 3 heteroatoms. The molecular formula is C13H18N2O. The number of likely N-dealkylation sites (N-methyl/N-ethyl adjacent to an activating group) is 1. The molecule has 1 aromatic carbocycles. The zero-order valence-electron chi connectivity index (χ0n) is 10.1. The summed E-state index contributed by atoms with van der Waals surface area (Å²) >= 11 is 0. The third-order valence-corrected chi connectivity index (χ3v) is 3.18. The fourth-order valence-corrected chi connectivity index (χ4v) is 2.33. The van der Waals surface area contributed by atoms with Crippen molar-refractivity contribution in [2.24, 2.45) is 4.99 Å². The third kappa shape index (κ3) is 1.90. The molecule has 0 spiro atoms. The molecule has 1 aliphatic rings. The lowest BCUT2D eigenvalue weighted by molar-refractivity contribution is 0.414. The molecule has 86 valence electrons. The second-order valence-electron chi connectivity index (χ2n) is 4.12. The molecule has 1 fully saturated rings. The van der Waals surface area contributed by atoms with E-state index in [1.807, 2.05) is 19.2 Å². The summed E-state index contributed by atoms with van der Waals surface area (Å²) in [6.45, 7) is 1.08. The number of likely N-dealkylation sites (tertiary alicyclic amines) is 1. The summed E-state index contributed by atoms with van der Waals surface area (Å²) in [6.07, 6.45) is 1.14. The molecule has 0 radical (unpaired) electrons. The second kappa shape index (κ2) is 4.56. The Morgan fingerprint density at radius 3 is 2.94 bits per heavy atom. The van der Waals surface area contributed by atoms with Gasteiger partial charge in [0.2, 0.25) is 0 Å². The summed E-state index contributed by atoms with van der Waals surface area (Å²) in [6, 6.07) is 8.28. The summed E-state index contributed by atoms with van der Waals surface area (Å²) < 4.78 is 5.26. The van der Waals surface area contributed by atoms with Crippen LogP contribution in [0.1, 0.15) is 17.9 Å². The van der Waals surface area contributed by atoms with Crippen LogP contribution in [0.5, 0.6) is 5.75 Å². The van der Waals surface area contributed by atoms with Crippen molar-refractivity contribution in [2.75, 3.05) is 27.7 Å². The van der Waals surface area contributed by atoms with Gasteiger partial charge >= 0.3 is 0 Å². The van der Waals surface area contributed by atoms with Crippen LogP contribution in [0.2, 0.25) is 0 Å². The predicted molar refractivity (Wildman–Crippen MR) is 66.3 cm³/mol. The van der Waals surface area contributed by atoms with Crippen molar-refractivity contribution < 1.29 is 4.74 Å². The molecule has 1 unspecified atom stereocenters. The Kier molecular flexibility index (Phi) is 3.13. The molecule has 1 saturated heterocycles. The molecule has 3 nitrogen and oxygen atoms in total. The number of amidine groups is 1. The van der Waals surface area contributed by atoms with Crippen molar-refractivity contribution in [3.05, 3.63) is 29.8 Å². The van der Waals surface area contributed by atoms with Gasteiger partial charge in [0.25, 0.3) is 0 Å². The maximum Gasteiger partial charge on any atom is 0.119 e. The van der Waals surface area contributed by atoms with E-state index in [9.17, 15) is 0 Å². The summed E-state index contributed by atoms with van der Waals surface area (Å²) in [5.41, 5.74) is 1.30. The van der Waals surface area contributed by atoms with Crippen LogP contribution in [0.3, 0.4) is 0 Å². The molecule has 0 amide bonds. The number of nitrogens with zero attached hydrogens (tertiary/aromatic N) is 2. The number of benzene rings is 1. The molecule has 16 heavy (non-hydrogen) atoms. The van der Waals surface area contributed by atoms with Crippen LogP contribution in [0.25, 0.3) is 0 Å². The molecule has 1 aromatic rings. The number of rotatable bonds is 2. The standard InChI is InChI=1S/C13H18N2O/c1-14-13-12(7-8-15(13)2)10-5-4-6-11(9-10)16-3/h4-6,9,12H,7-8H2,1-3H3. The molecule has 0 N–H and O–H groups in total. The maximum absolute atomic E-state index is 5.26.